The molecule has 0 saturated heterocycles. The highest BCUT2D eigenvalue weighted by Crippen LogP contribution is 2.44. The van der Waals surface area contributed by atoms with Crippen molar-refractivity contribution in [1.29, 1.82) is 5.26 Å². The lowest BCUT2D eigenvalue weighted by Crippen LogP contribution is -2.36. The fourth-order valence-corrected chi connectivity index (χ4v) is 5.16. The second-order valence-corrected chi connectivity index (χ2v) is 8.88. The summed E-state index contributed by atoms with van der Waals surface area (Å²) in [6.07, 6.45) is 0. The molecule has 166 valence electrons. The molecule has 3 aromatic carbocycles. The van der Waals surface area contributed by atoms with E-state index in [9.17, 15) is 14.9 Å². The first-order chi connectivity index (χ1) is 16.6. The molecule has 1 aromatic heterocycles. The van der Waals surface area contributed by atoms with Gasteiger partial charge in [-0.1, -0.05) is 54.6 Å². The number of amides is 1. The molecule has 0 saturated carbocycles. The molecule has 1 aliphatic heterocycles. The summed E-state index contributed by atoms with van der Waals surface area (Å²) in [5.41, 5.74) is 4.13. The number of aromatic nitrogens is 2. The maximum Gasteiger partial charge on any atom is 0.252 e. The highest BCUT2D eigenvalue weighted by Gasteiger charge is 2.37. The summed E-state index contributed by atoms with van der Waals surface area (Å²) >= 11 is 1.62. The minimum Gasteiger partial charge on any atom is -0.314 e. The van der Waals surface area contributed by atoms with Crippen molar-refractivity contribution in [2.75, 3.05) is 11.9 Å². The summed E-state index contributed by atoms with van der Waals surface area (Å²) < 4.78 is 1.75. The highest BCUT2D eigenvalue weighted by atomic mass is 32.2. The molecule has 2 heterocycles. The predicted octanol–water partition coefficient (Wildman–Crippen LogP) is 5.13. The number of nitrogens with zero attached hydrogens (tertiary/aromatic N) is 4. The first-order valence-corrected chi connectivity index (χ1v) is 11.7. The van der Waals surface area contributed by atoms with Crippen LogP contribution in [0.1, 0.15) is 16.1 Å². The summed E-state index contributed by atoms with van der Waals surface area (Å²) in [5.74, 6) is -2.12. The summed E-state index contributed by atoms with van der Waals surface area (Å²) in [7, 11) is 1.57. The van der Waals surface area contributed by atoms with Gasteiger partial charge in [0.2, 0.25) is 5.78 Å². The van der Waals surface area contributed by atoms with E-state index in [0.717, 1.165) is 27.4 Å². The van der Waals surface area contributed by atoms with Crippen LogP contribution in [0, 0.1) is 17.2 Å². The van der Waals surface area contributed by atoms with Gasteiger partial charge < -0.3 is 4.90 Å². The number of ketones is 1. The Bertz CT molecular complexity index is 1420. The topological polar surface area (TPSA) is 79.0 Å². The SMILES string of the molecule is CN(C(=O)C(C#N)C(=O)c1nn(-c2ccccc2)c2c1CSc1ccccc1-2)c1ccccc1. The minimum atomic E-state index is -1.49. The van der Waals surface area contributed by atoms with E-state index in [2.05, 4.69) is 5.10 Å². The Morgan fingerprint density at radius 1 is 1.00 bits per heavy atom. The van der Waals surface area contributed by atoms with Crippen LogP contribution in [0.15, 0.2) is 89.8 Å². The Kier molecular flexibility index (Phi) is 5.74. The van der Waals surface area contributed by atoms with E-state index in [0.29, 0.717) is 11.4 Å². The summed E-state index contributed by atoms with van der Waals surface area (Å²) in [4.78, 5) is 29.2. The van der Waals surface area contributed by atoms with Crippen LogP contribution >= 0.6 is 11.8 Å². The predicted molar refractivity (Wildman–Crippen MR) is 132 cm³/mol. The molecule has 0 bridgehead atoms. The van der Waals surface area contributed by atoms with Crippen molar-refractivity contribution < 1.29 is 9.59 Å². The molecule has 0 spiro atoms. The zero-order chi connectivity index (χ0) is 23.7. The number of rotatable bonds is 5. The number of Topliss-reactive ketones (excluding diaryl/α,β-unsaturated/α-hetero) is 1. The molecule has 34 heavy (non-hydrogen) atoms. The van der Waals surface area contributed by atoms with Crippen molar-refractivity contribution in [3.8, 4) is 23.0 Å². The van der Waals surface area contributed by atoms with Crippen LogP contribution in [0.5, 0.6) is 0 Å². The van der Waals surface area contributed by atoms with Crippen molar-refractivity contribution in [1.82, 2.24) is 9.78 Å². The Morgan fingerprint density at radius 3 is 2.35 bits per heavy atom. The van der Waals surface area contributed by atoms with Gasteiger partial charge in [-0.25, -0.2) is 4.68 Å². The molecule has 0 fully saturated rings. The van der Waals surface area contributed by atoms with Gasteiger partial charge >= 0.3 is 0 Å². The molecule has 1 amide bonds. The quantitative estimate of drug-likeness (QED) is 0.302. The third-order valence-corrected chi connectivity index (χ3v) is 6.94. The number of thioether (sulfide) groups is 1. The van der Waals surface area contributed by atoms with Crippen LogP contribution in [0.4, 0.5) is 5.69 Å². The molecule has 6 nitrogen and oxygen atoms in total. The van der Waals surface area contributed by atoms with Crippen LogP contribution in [-0.2, 0) is 10.5 Å². The number of fused-ring (bicyclic) bond motifs is 3. The van der Waals surface area contributed by atoms with Gasteiger partial charge in [0.1, 0.15) is 5.69 Å². The molecule has 7 heteroatoms. The van der Waals surface area contributed by atoms with Crippen LogP contribution in [-0.4, -0.2) is 28.5 Å². The standard InChI is InChI=1S/C27H20N4O2S/c1-30(18-10-4-2-5-11-18)27(33)21(16-28)26(32)24-22-17-34-23-15-9-8-14-20(23)25(22)31(29-24)19-12-6-3-7-13-19/h2-15,21H,17H2,1H3. The third kappa shape index (κ3) is 3.68. The van der Waals surface area contributed by atoms with E-state index in [4.69, 9.17) is 0 Å². The lowest BCUT2D eigenvalue weighted by Gasteiger charge is -2.20. The number of carbonyl (C=O) groups excluding carboxylic acids is 2. The van der Waals surface area contributed by atoms with Gasteiger partial charge in [-0.05, 0) is 30.3 Å². The van der Waals surface area contributed by atoms with Crippen molar-refractivity contribution in [2.45, 2.75) is 10.6 Å². The van der Waals surface area contributed by atoms with Gasteiger partial charge in [-0.15, -0.1) is 11.8 Å². The third-order valence-electron chi connectivity index (χ3n) is 5.84. The highest BCUT2D eigenvalue weighted by molar-refractivity contribution is 7.98. The first-order valence-electron chi connectivity index (χ1n) is 10.8. The van der Waals surface area contributed by atoms with Gasteiger partial charge in [0, 0.05) is 34.5 Å². The fraction of sp³-hybridized carbons (Fsp3) is 0.111. The van der Waals surface area contributed by atoms with Gasteiger partial charge in [0.15, 0.2) is 5.92 Å². The zero-order valence-corrected chi connectivity index (χ0v) is 19.2. The molecular formula is C27H20N4O2S. The normalized spacial score (nSPS) is 12.7. The molecule has 0 radical (unpaired) electrons. The molecule has 0 N–H and O–H groups in total. The van der Waals surface area contributed by atoms with Crippen molar-refractivity contribution >= 4 is 29.1 Å². The monoisotopic (exact) mass is 464 g/mol. The molecular weight excluding hydrogens is 444 g/mol. The summed E-state index contributed by atoms with van der Waals surface area (Å²) in [5, 5.41) is 14.5. The second-order valence-electron chi connectivity index (χ2n) is 7.87. The Labute approximate surface area is 201 Å². The van der Waals surface area contributed by atoms with Crippen LogP contribution in [0.2, 0.25) is 0 Å². The van der Waals surface area contributed by atoms with Gasteiger partial charge in [-0.3, -0.25) is 9.59 Å². The average Bonchev–Trinajstić information content (AvgIpc) is 3.30. The summed E-state index contributed by atoms with van der Waals surface area (Å²) in [6.45, 7) is 0. The molecule has 1 aliphatic rings. The molecule has 0 aliphatic carbocycles. The first kappa shape index (κ1) is 21.7. The van der Waals surface area contributed by atoms with Gasteiger partial charge in [-0.2, -0.15) is 10.4 Å². The van der Waals surface area contributed by atoms with Crippen molar-refractivity contribution in [3.63, 3.8) is 0 Å². The number of hydrogen-bond acceptors (Lipinski definition) is 5. The minimum absolute atomic E-state index is 0.169. The number of benzene rings is 3. The number of para-hydroxylation sites is 2. The average molecular weight is 465 g/mol. The summed E-state index contributed by atoms with van der Waals surface area (Å²) in [6, 6.07) is 28.4. The fourth-order valence-electron chi connectivity index (χ4n) is 4.09. The Balaban J connectivity index is 1.61. The lowest BCUT2D eigenvalue weighted by atomic mass is 9.97. The maximum atomic E-state index is 13.6. The molecule has 5 rings (SSSR count). The van der Waals surface area contributed by atoms with Crippen LogP contribution in [0.3, 0.4) is 0 Å². The number of hydrogen-bond donors (Lipinski definition) is 0. The van der Waals surface area contributed by atoms with E-state index in [1.54, 1.807) is 47.8 Å². The van der Waals surface area contributed by atoms with E-state index < -0.39 is 17.6 Å². The van der Waals surface area contributed by atoms with Crippen LogP contribution in [0.25, 0.3) is 16.9 Å². The van der Waals surface area contributed by atoms with E-state index in [1.807, 2.05) is 66.7 Å². The van der Waals surface area contributed by atoms with E-state index in [1.165, 1.54) is 4.90 Å². The van der Waals surface area contributed by atoms with E-state index in [-0.39, 0.29) is 5.69 Å². The number of nitriles is 1. The Morgan fingerprint density at radius 2 is 1.65 bits per heavy atom. The Hall–Kier alpha value is -4.15. The van der Waals surface area contributed by atoms with E-state index >= 15 is 0 Å². The second kappa shape index (κ2) is 9.00. The number of carbonyl (C=O) groups is 2. The maximum absolute atomic E-state index is 13.6. The van der Waals surface area contributed by atoms with Crippen molar-refractivity contribution in [3.05, 3.63) is 96.2 Å². The molecule has 1 unspecified atom stereocenters. The number of anilines is 1. The van der Waals surface area contributed by atoms with Crippen LogP contribution < -0.4 is 4.90 Å². The van der Waals surface area contributed by atoms with Gasteiger partial charge in [0.05, 0.1) is 17.5 Å². The molecule has 4 aromatic rings. The van der Waals surface area contributed by atoms with Crippen molar-refractivity contribution in [2.24, 2.45) is 5.92 Å². The zero-order valence-electron chi connectivity index (χ0n) is 18.4. The smallest absolute Gasteiger partial charge is 0.252 e. The van der Waals surface area contributed by atoms with Gasteiger partial charge in [0.25, 0.3) is 5.91 Å². The largest absolute Gasteiger partial charge is 0.314 e. The lowest BCUT2D eigenvalue weighted by molar-refractivity contribution is -0.119. The molecule has 1 atom stereocenters.